The van der Waals surface area contributed by atoms with Gasteiger partial charge in [0.25, 0.3) is 0 Å². The zero-order valence-electron chi connectivity index (χ0n) is 18.7. The Labute approximate surface area is 216 Å². The number of hydrogen-bond donors (Lipinski definition) is 0. The van der Waals surface area contributed by atoms with E-state index in [1.54, 1.807) is 45.3 Å². The molecule has 176 valence electrons. The molecule has 0 aliphatic carbocycles. The highest BCUT2D eigenvalue weighted by Gasteiger charge is 2.16. The smallest absolute Gasteiger partial charge is 0.227 e. The summed E-state index contributed by atoms with van der Waals surface area (Å²) >= 11 is 6.65. The van der Waals surface area contributed by atoms with E-state index in [1.165, 1.54) is 19.5 Å². The maximum Gasteiger partial charge on any atom is 0.227 e. The fourth-order valence-corrected chi connectivity index (χ4v) is 6.33. The fraction of sp³-hybridized carbons (Fsp3) is 0.231. The highest BCUT2D eigenvalue weighted by molar-refractivity contribution is 7.10. The summed E-state index contributed by atoms with van der Waals surface area (Å²) in [5, 5.41) is 8.14. The van der Waals surface area contributed by atoms with Crippen LogP contribution in [0.2, 0.25) is 0 Å². The molecule has 0 saturated carbocycles. The van der Waals surface area contributed by atoms with Gasteiger partial charge in [0, 0.05) is 32.4 Å². The average Bonchev–Trinajstić information content (AvgIpc) is 3.64. The van der Waals surface area contributed by atoms with Gasteiger partial charge in [0.2, 0.25) is 11.8 Å². The molecule has 0 aliphatic rings. The van der Waals surface area contributed by atoms with Crippen molar-refractivity contribution < 1.29 is 9.59 Å². The minimum absolute atomic E-state index is 0.0690. The summed E-state index contributed by atoms with van der Waals surface area (Å²) in [7, 11) is 0. The first-order valence-corrected chi connectivity index (χ1v) is 14.5. The van der Waals surface area contributed by atoms with Gasteiger partial charge in [-0.15, -0.1) is 45.3 Å². The molecule has 0 bridgehead atoms. The Hall–Kier alpha value is -2.52. The number of thiophene rings is 4. The van der Waals surface area contributed by atoms with Gasteiger partial charge in [-0.1, -0.05) is 36.4 Å². The minimum Gasteiger partial charge on any atom is -0.332 e. The summed E-state index contributed by atoms with van der Waals surface area (Å²) in [5.41, 5.74) is 0. The van der Waals surface area contributed by atoms with E-state index in [0.717, 1.165) is 0 Å². The number of nitrogens with zero attached hydrogens (tertiary/aromatic N) is 2. The van der Waals surface area contributed by atoms with Crippen LogP contribution in [0.3, 0.4) is 0 Å². The van der Waals surface area contributed by atoms with Crippen LogP contribution in [0.25, 0.3) is 0 Å². The third-order valence-electron chi connectivity index (χ3n) is 5.16. The van der Waals surface area contributed by atoms with Crippen molar-refractivity contribution in [3.63, 3.8) is 0 Å². The van der Waals surface area contributed by atoms with Crippen molar-refractivity contribution in [2.24, 2.45) is 0 Å². The molecule has 4 heterocycles. The summed E-state index contributed by atoms with van der Waals surface area (Å²) in [6.45, 7) is 2.43. The Morgan fingerprint density at radius 3 is 1.09 bits per heavy atom. The molecule has 8 heteroatoms. The predicted molar refractivity (Wildman–Crippen MR) is 144 cm³/mol. The molecule has 4 nitrogen and oxygen atoms in total. The van der Waals surface area contributed by atoms with Crippen LogP contribution in [-0.4, -0.2) is 21.6 Å². The average molecular weight is 527 g/mol. The van der Waals surface area contributed by atoms with Gasteiger partial charge in [-0.25, -0.2) is 0 Å². The summed E-state index contributed by atoms with van der Waals surface area (Å²) < 4.78 is 0. The van der Waals surface area contributed by atoms with Gasteiger partial charge in [-0.3, -0.25) is 9.59 Å². The van der Waals surface area contributed by atoms with Crippen LogP contribution in [0.4, 0.5) is 0 Å². The quantitative estimate of drug-likeness (QED) is 0.186. The molecule has 0 spiro atoms. The number of carbonyl (C=O) groups is 2. The molecule has 4 aromatic rings. The molecule has 4 rings (SSSR count). The normalized spacial score (nSPS) is 11.2. The zero-order valence-corrected chi connectivity index (χ0v) is 21.9. The summed E-state index contributed by atoms with van der Waals surface area (Å²) in [4.78, 5) is 34.4. The lowest BCUT2D eigenvalue weighted by Crippen LogP contribution is -2.29. The van der Waals surface area contributed by atoms with Crippen molar-refractivity contribution in [3.05, 3.63) is 102 Å². The largest absolute Gasteiger partial charge is 0.332 e. The molecule has 0 radical (unpaired) electrons. The second kappa shape index (κ2) is 12.8. The lowest BCUT2D eigenvalue weighted by atomic mass is 10.2. The van der Waals surface area contributed by atoms with E-state index in [-0.39, 0.29) is 11.8 Å². The molecule has 0 aromatic carbocycles. The second-order valence-electron chi connectivity index (χ2n) is 7.70. The molecule has 0 unspecified atom stereocenters. The van der Waals surface area contributed by atoms with Crippen LogP contribution in [0.5, 0.6) is 0 Å². The molecular formula is C26H26N2O2S4. The Balaban J connectivity index is 1.33. The monoisotopic (exact) mass is 526 g/mol. The maximum atomic E-state index is 13.0. The van der Waals surface area contributed by atoms with Crippen molar-refractivity contribution >= 4 is 57.2 Å². The van der Waals surface area contributed by atoms with Crippen LogP contribution in [-0.2, 0) is 35.8 Å². The molecule has 0 fully saturated rings. The van der Waals surface area contributed by atoms with Crippen LogP contribution in [0, 0.1) is 0 Å². The van der Waals surface area contributed by atoms with E-state index in [4.69, 9.17) is 0 Å². The molecule has 0 saturated heterocycles. The highest BCUT2D eigenvalue weighted by atomic mass is 32.1. The van der Waals surface area contributed by atoms with Gasteiger partial charge in [0.05, 0.1) is 26.2 Å². The van der Waals surface area contributed by atoms with Gasteiger partial charge in [-0.05, 0) is 45.8 Å². The van der Waals surface area contributed by atoms with E-state index < -0.39 is 0 Å². The van der Waals surface area contributed by atoms with Gasteiger partial charge in [-0.2, -0.15) is 0 Å². The third kappa shape index (κ3) is 7.50. The zero-order chi connectivity index (χ0) is 23.6. The second-order valence-corrected chi connectivity index (χ2v) is 11.8. The Kier molecular flexibility index (Phi) is 9.27. The lowest BCUT2D eigenvalue weighted by molar-refractivity contribution is -0.132. The summed E-state index contributed by atoms with van der Waals surface area (Å²) in [5.74, 6) is 0.138. The lowest BCUT2D eigenvalue weighted by Gasteiger charge is -2.21. The van der Waals surface area contributed by atoms with Crippen LogP contribution < -0.4 is 0 Å². The van der Waals surface area contributed by atoms with E-state index in [0.29, 0.717) is 39.0 Å². The van der Waals surface area contributed by atoms with Crippen molar-refractivity contribution in [1.82, 2.24) is 9.80 Å². The van der Waals surface area contributed by atoms with Crippen LogP contribution >= 0.6 is 45.3 Å². The van der Waals surface area contributed by atoms with Gasteiger partial charge < -0.3 is 9.80 Å². The molecular weight excluding hydrogens is 501 g/mol. The summed E-state index contributed by atoms with van der Waals surface area (Å²) in [6, 6.07) is 16.3. The van der Waals surface area contributed by atoms with Crippen LogP contribution in [0.15, 0.2) is 82.2 Å². The number of amides is 2. The summed E-state index contributed by atoms with van der Waals surface area (Å²) in [6.07, 6.45) is 4.26. The van der Waals surface area contributed by atoms with Crippen molar-refractivity contribution in [3.8, 4) is 0 Å². The minimum atomic E-state index is 0.0690. The van der Waals surface area contributed by atoms with E-state index in [2.05, 4.69) is 24.3 Å². The van der Waals surface area contributed by atoms with Gasteiger partial charge in [0.15, 0.2) is 0 Å². The predicted octanol–water partition coefficient (Wildman–Crippen LogP) is 7.03. The molecule has 0 N–H and O–H groups in total. The van der Waals surface area contributed by atoms with Crippen molar-refractivity contribution in [2.75, 3.05) is 0 Å². The standard InChI is InChI=1S/C26H26N2O2S4/c29-25(27(17-21-7-3-13-31-21)18-22-8-4-14-32-22)11-1-2-12-26(30)28(19-23-9-5-15-33-23)20-24-10-6-16-34-24/h1-10,13-16H,11-12,17-20H2. The van der Waals surface area contributed by atoms with E-state index >= 15 is 0 Å². The van der Waals surface area contributed by atoms with Gasteiger partial charge in [0.1, 0.15) is 0 Å². The van der Waals surface area contributed by atoms with Crippen LogP contribution in [0.1, 0.15) is 32.4 Å². The van der Waals surface area contributed by atoms with E-state index in [1.807, 2.05) is 67.7 Å². The van der Waals surface area contributed by atoms with Crippen molar-refractivity contribution in [2.45, 2.75) is 39.0 Å². The first kappa shape index (κ1) is 24.6. The SMILES string of the molecule is O=C(CC=CCC(=O)N(Cc1cccs1)Cc1cccs1)N(Cc1cccs1)Cc1cccs1. The Morgan fingerprint density at radius 2 is 0.853 bits per heavy atom. The Bertz CT molecular complexity index is 983. The fourth-order valence-electron chi connectivity index (χ4n) is 3.45. The highest BCUT2D eigenvalue weighted by Crippen LogP contribution is 2.20. The first-order chi connectivity index (χ1) is 16.7. The molecule has 0 atom stereocenters. The molecule has 4 aromatic heterocycles. The first-order valence-electron chi connectivity index (χ1n) is 11.0. The molecule has 0 aliphatic heterocycles. The topological polar surface area (TPSA) is 40.6 Å². The number of hydrogen-bond acceptors (Lipinski definition) is 6. The maximum absolute atomic E-state index is 13.0. The van der Waals surface area contributed by atoms with Gasteiger partial charge >= 0.3 is 0 Å². The Morgan fingerprint density at radius 1 is 0.559 bits per heavy atom. The molecule has 2 amide bonds. The third-order valence-corrected chi connectivity index (χ3v) is 8.61. The van der Waals surface area contributed by atoms with Crippen molar-refractivity contribution in [1.29, 1.82) is 0 Å². The molecule has 34 heavy (non-hydrogen) atoms. The number of carbonyl (C=O) groups excluding carboxylic acids is 2. The van der Waals surface area contributed by atoms with E-state index in [9.17, 15) is 9.59 Å². The number of rotatable bonds is 12.